The number of halogens is 6. The van der Waals surface area contributed by atoms with Crippen LogP contribution in [0, 0.1) is 17.5 Å². The third-order valence-corrected chi connectivity index (χ3v) is 2.09. The van der Waals surface area contributed by atoms with E-state index >= 15 is 0 Å². The Balaban J connectivity index is 3.24. The van der Waals surface area contributed by atoms with Gasteiger partial charge in [0.1, 0.15) is 23.1 Å². The van der Waals surface area contributed by atoms with Crippen LogP contribution in [0.2, 0.25) is 0 Å². The van der Waals surface area contributed by atoms with Crippen LogP contribution in [0.15, 0.2) is 12.1 Å². The maximum atomic E-state index is 13.2. The van der Waals surface area contributed by atoms with Gasteiger partial charge in [0.05, 0.1) is 12.0 Å². The lowest BCUT2D eigenvalue weighted by Crippen LogP contribution is -2.31. The van der Waals surface area contributed by atoms with Gasteiger partial charge in [-0.15, -0.1) is 0 Å². The first-order valence-electron chi connectivity index (χ1n) is 4.47. The molecule has 1 rings (SSSR count). The largest absolute Gasteiger partial charge is 0.392 e. The number of hydrogen-bond donors (Lipinski definition) is 1. The van der Waals surface area contributed by atoms with Crippen LogP contribution in [0.4, 0.5) is 26.3 Å². The van der Waals surface area contributed by atoms with Crippen LogP contribution in [0.1, 0.15) is 18.9 Å². The van der Waals surface area contributed by atoms with E-state index in [2.05, 4.69) is 0 Å². The first-order valence-corrected chi connectivity index (χ1v) is 4.47. The maximum absolute atomic E-state index is 13.2. The fraction of sp³-hybridized carbons (Fsp3) is 0.400. The highest BCUT2D eigenvalue weighted by Gasteiger charge is 2.42. The molecule has 1 unspecified atom stereocenters. The molecule has 7 heteroatoms. The molecule has 0 fully saturated rings. The summed E-state index contributed by atoms with van der Waals surface area (Å²) in [7, 11) is 0. The van der Waals surface area contributed by atoms with Crippen LogP contribution in [-0.4, -0.2) is 11.3 Å². The summed E-state index contributed by atoms with van der Waals surface area (Å²) in [4.78, 5) is 0. The molecule has 1 aromatic rings. The molecule has 0 saturated carbocycles. The number of benzene rings is 1. The van der Waals surface area contributed by atoms with E-state index in [0.29, 0.717) is 6.92 Å². The molecule has 0 spiro atoms. The molecule has 0 saturated heterocycles. The second-order valence-corrected chi connectivity index (χ2v) is 3.81. The minimum absolute atomic E-state index is 0.212. The van der Waals surface area contributed by atoms with Gasteiger partial charge in [0.2, 0.25) is 0 Å². The Labute approximate surface area is 92.7 Å². The smallest absolute Gasteiger partial charge is 0.385 e. The van der Waals surface area contributed by atoms with Crippen molar-refractivity contribution in [2.75, 3.05) is 0 Å². The number of alkyl halides is 3. The molecular formula is C10H8F6O. The van der Waals surface area contributed by atoms with Crippen molar-refractivity contribution in [3.05, 3.63) is 35.1 Å². The lowest BCUT2D eigenvalue weighted by Gasteiger charge is -2.25. The van der Waals surface area contributed by atoms with E-state index in [0.717, 1.165) is 0 Å². The van der Waals surface area contributed by atoms with Crippen LogP contribution in [0.3, 0.4) is 0 Å². The zero-order valence-electron chi connectivity index (χ0n) is 8.58. The monoisotopic (exact) mass is 258 g/mol. The highest BCUT2D eigenvalue weighted by molar-refractivity contribution is 5.26. The fourth-order valence-electron chi connectivity index (χ4n) is 1.54. The molecular weight excluding hydrogens is 250 g/mol. The quantitative estimate of drug-likeness (QED) is 0.807. The first-order chi connectivity index (χ1) is 7.53. The van der Waals surface area contributed by atoms with Gasteiger partial charge in [-0.2, -0.15) is 13.2 Å². The van der Waals surface area contributed by atoms with Crippen molar-refractivity contribution in [3.63, 3.8) is 0 Å². The van der Waals surface area contributed by atoms with Crippen LogP contribution >= 0.6 is 0 Å². The van der Waals surface area contributed by atoms with Gasteiger partial charge in [0, 0.05) is 12.1 Å². The standard InChI is InChI=1S/C10H8F6O/c1-9(17,4-10(14,15)16)8-6(12)2-5(11)3-7(8)13/h2-3,17H,4H2,1H3. The molecule has 0 aliphatic carbocycles. The Morgan fingerprint density at radius 3 is 1.82 bits per heavy atom. The average Bonchev–Trinajstić information content (AvgIpc) is 1.93. The molecule has 17 heavy (non-hydrogen) atoms. The molecule has 0 heterocycles. The minimum Gasteiger partial charge on any atom is -0.385 e. The summed E-state index contributed by atoms with van der Waals surface area (Å²) < 4.78 is 75.2. The van der Waals surface area contributed by atoms with Crippen LogP contribution in [0.5, 0.6) is 0 Å². The van der Waals surface area contributed by atoms with Crippen molar-refractivity contribution in [1.82, 2.24) is 0 Å². The summed E-state index contributed by atoms with van der Waals surface area (Å²) in [5.74, 6) is -4.39. The molecule has 1 nitrogen and oxygen atoms in total. The maximum Gasteiger partial charge on any atom is 0.392 e. The number of rotatable bonds is 2. The summed E-state index contributed by atoms with van der Waals surface area (Å²) in [6.45, 7) is 0.611. The third-order valence-electron chi connectivity index (χ3n) is 2.09. The third kappa shape index (κ3) is 3.36. The number of hydrogen-bond acceptors (Lipinski definition) is 1. The van der Waals surface area contributed by atoms with E-state index in [1.165, 1.54) is 0 Å². The zero-order chi connectivity index (χ0) is 13.4. The Morgan fingerprint density at radius 2 is 1.47 bits per heavy atom. The summed E-state index contributed by atoms with van der Waals surface area (Å²) in [5, 5.41) is 9.45. The lowest BCUT2D eigenvalue weighted by atomic mass is 9.91. The molecule has 1 aromatic carbocycles. The SMILES string of the molecule is CC(O)(CC(F)(F)F)c1c(F)cc(F)cc1F. The molecule has 1 N–H and O–H groups in total. The number of aliphatic hydroxyl groups is 1. The Morgan fingerprint density at radius 1 is 1.06 bits per heavy atom. The van der Waals surface area contributed by atoms with E-state index in [1.54, 1.807) is 0 Å². The van der Waals surface area contributed by atoms with Gasteiger partial charge in [-0.05, 0) is 6.92 Å². The summed E-state index contributed by atoms with van der Waals surface area (Å²) in [6.07, 6.45) is -6.64. The van der Waals surface area contributed by atoms with Gasteiger partial charge in [-0.25, -0.2) is 13.2 Å². The van der Waals surface area contributed by atoms with E-state index in [-0.39, 0.29) is 12.1 Å². The second-order valence-electron chi connectivity index (χ2n) is 3.81. The molecule has 0 amide bonds. The Kier molecular flexibility index (Phi) is 3.42. The van der Waals surface area contributed by atoms with Gasteiger partial charge < -0.3 is 5.11 Å². The molecule has 0 aliphatic rings. The highest BCUT2D eigenvalue weighted by Crippen LogP contribution is 2.36. The first kappa shape index (κ1) is 13.8. The van der Waals surface area contributed by atoms with Crippen molar-refractivity contribution in [1.29, 1.82) is 0 Å². The predicted molar refractivity (Wildman–Crippen MR) is 46.6 cm³/mol. The van der Waals surface area contributed by atoms with Crippen molar-refractivity contribution >= 4 is 0 Å². The molecule has 0 aliphatic heterocycles. The average molecular weight is 258 g/mol. The molecule has 0 aromatic heterocycles. The molecule has 0 radical (unpaired) electrons. The van der Waals surface area contributed by atoms with Gasteiger partial charge in [-0.1, -0.05) is 0 Å². The van der Waals surface area contributed by atoms with Gasteiger partial charge >= 0.3 is 6.18 Å². The van der Waals surface area contributed by atoms with Crippen molar-refractivity contribution < 1.29 is 31.4 Å². The minimum atomic E-state index is -4.81. The normalized spacial score (nSPS) is 15.8. The Bertz CT molecular complexity index is 400. The van der Waals surface area contributed by atoms with Crippen LogP contribution in [-0.2, 0) is 5.60 Å². The van der Waals surface area contributed by atoms with E-state index in [9.17, 15) is 31.4 Å². The summed E-state index contributed by atoms with van der Waals surface area (Å²) in [5.41, 5.74) is -3.99. The second kappa shape index (κ2) is 4.21. The molecule has 0 bridgehead atoms. The van der Waals surface area contributed by atoms with Gasteiger partial charge in [0.15, 0.2) is 0 Å². The Hall–Kier alpha value is -1.24. The van der Waals surface area contributed by atoms with E-state index in [4.69, 9.17) is 0 Å². The van der Waals surface area contributed by atoms with Gasteiger partial charge in [0.25, 0.3) is 0 Å². The molecule has 96 valence electrons. The molecule has 1 atom stereocenters. The van der Waals surface area contributed by atoms with Crippen molar-refractivity contribution in [3.8, 4) is 0 Å². The van der Waals surface area contributed by atoms with Crippen molar-refractivity contribution in [2.45, 2.75) is 25.1 Å². The summed E-state index contributed by atoms with van der Waals surface area (Å²) >= 11 is 0. The fourth-order valence-corrected chi connectivity index (χ4v) is 1.54. The topological polar surface area (TPSA) is 20.2 Å². The lowest BCUT2D eigenvalue weighted by molar-refractivity contribution is -0.175. The summed E-state index contributed by atoms with van der Waals surface area (Å²) in [6, 6.07) is 0.423. The van der Waals surface area contributed by atoms with Crippen molar-refractivity contribution in [2.24, 2.45) is 0 Å². The van der Waals surface area contributed by atoms with Gasteiger partial charge in [-0.3, -0.25) is 0 Å². The van der Waals surface area contributed by atoms with E-state index in [1.807, 2.05) is 0 Å². The zero-order valence-corrected chi connectivity index (χ0v) is 8.58. The van der Waals surface area contributed by atoms with Crippen LogP contribution < -0.4 is 0 Å². The van der Waals surface area contributed by atoms with E-state index < -0.39 is 41.2 Å². The predicted octanol–water partition coefficient (Wildman–Crippen LogP) is 3.26. The highest BCUT2D eigenvalue weighted by atomic mass is 19.4. The van der Waals surface area contributed by atoms with Crippen LogP contribution in [0.25, 0.3) is 0 Å².